The Morgan fingerprint density at radius 2 is 2.36 bits per heavy atom. The van der Waals surface area contributed by atoms with E-state index in [0.29, 0.717) is 23.1 Å². The predicted molar refractivity (Wildman–Crippen MR) is 86.6 cm³/mol. The molecular formula is C15H18FN3O2S. The smallest absolute Gasteiger partial charge is 0.236 e. The number of thioether (sulfide) groups is 1. The van der Waals surface area contributed by atoms with Crippen LogP contribution < -0.4 is 5.32 Å². The van der Waals surface area contributed by atoms with Crippen molar-refractivity contribution in [3.8, 4) is 0 Å². The van der Waals surface area contributed by atoms with Crippen LogP contribution in [0.25, 0.3) is 0 Å². The molecule has 1 aliphatic rings. The van der Waals surface area contributed by atoms with Crippen LogP contribution in [0.5, 0.6) is 0 Å². The van der Waals surface area contributed by atoms with E-state index in [2.05, 4.69) is 15.5 Å². The van der Waals surface area contributed by atoms with Crippen molar-refractivity contribution in [2.75, 3.05) is 5.75 Å². The monoisotopic (exact) mass is 323 g/mol. The van der Waals surface area contributed by atoms with E-state index in [1.165, 1.54) is 30.1 Å². The maximum absolute atomic E-state index is 13.4. The summed E-state index contributed by atoms with van der Waals surface area (Å²) in [5, 5.41) is 10.9. The van der Waals surface area contributed by atoms with E-state index in [0.717, 1.165) is 12.0 Å². The molecule has 0 aromatic heterocycles. The van der Waals surface area contributed by atoms with Gasteiger partial charge in [-0.05, 0) is 31.0 Å². The van der Waals surface area contributed by atoms with Crippen molar-refractivity contribution in [3.05, 3.63) is 35.1 Å². The molecule has 0 radical (unpaired) electrons. The molecule has 1 amide bonds. The van der Waals surface area contributed by atoms with Crippen molar-refractivity contribution >= 4 is 29.1 Å². The SMILES string of the molecule is CCC(C)OCc1cc(F)ccc1C=NN=C1NC(=O)CS1. The Morgan fingerprint density at radius 1 is 1.55 bits per heavy atom. The lowest BCUT2D eigenvalue weighted by molar-refractivity contribution is -0.116. The van der Waals surface area contributed by atoms with Gasteiger partial charge in [0.15, 0.2) is 5.17 Å². The standard InChI is InChI=1S/C15H18FN3O2S/c1-3-10(2)21-8-12-6-13(16)5-4-11(12)7-17-19-15-18-14(20)9-22-15/h4-7,10H,3,8-9H2,1-2H3,(H,18,19,20). The van der Waals surface area contributed by atoms with Gasteiger partial charge in [-0.3, -0.25) is 4.79 Å². The summed E-state index contributed by atoms with van der Waals surface area (Å²) in [5.41, 5.74) is 1.45. The highest BCUT2D eigenvalue weighted by atomic mass is 32.2. The molecule has 1 aliphatic heterocycles. The molecule has 1 saturated heterocycles. The van der Waals surface area contributed by atoms with E-state index < -0.39 is 0 Å². The summed E-state index contributed by atoms with van der Waals surface area (Å²) in [5.74, 6) is -0.0352. The first kappa shape index (κ1) is 16.6. The first-order valence-electron chi connectivity index (χ1n) is 7.02. The largest absolute Gasteiger partial charge is 0.374 e. The normalized spacial score (nSPS) is 18.1. The fourth-order valence-electron chi connectivity index (χ4n) is 1.70. The minimum Gasteiger partial charge on any atom is -0.374 e. The fourth-order valence-corrected chi connectivity index (χ4v) is 2.33. The Labute approximate surface area is 133 Å². The van der Waals surface area contributed by atoms with E-state index in [-0.39, 0.29) is 17.8 Å². The van der Waals surface area contributed by atoms with E-state index in [4.69, 9.17) is 4.74 Å². The minimum atomic E-state index is -0.315. The van der Waals surface area contributed by atoms with E-state index in [1.807, 2.05) is 13.8 Å². The first-order chi connectivity index (χ1) is 10.6. The van der Waals surface area contributed by atoms with Crippen LogP contribution in [-0.2, 0) is 16.1 Å². The summed E-state index contributed by atoms with van der Waals surface area (Å²) in [6, 6.07) is 4.44. The third-order valence-electron chi connectivity index (χ3n) is 3.14. The number of amidine groups is 1. The number of carbonyl (C=O) groups is 1. The van der Waals surface area contributed by atoms with Crippen LogP contribution in [0.15, 0.2) is 28.4 Å². The Bertz CT molecular complexity index is 604. The molecular weight excluding hydrogens is 305 g/mol. The Kier molecular flexibility index (Phi) is 6.09. The topological polar surface area (TPSA) is 63.1 Å². The van der Waals surface area contributed by atoms with Gasteiger partial charge in [0, 0.05) is 5.56 Å². The van der Waals surface area contributed by atoms with Crippen molar-refractivity contribution in [2.45, 2.75) is 33.0 Å². The number of rotatable bonds is 6. The second kappa shape index (κ2) is 8.05. The predicted octanol–water partition coefficient (Wildman–Crippen LogP) is 2.69. The van der Waals surface area contributed by atoms with Gasteiger partial charge in [-0.15, -0.1) is 5.10 Å². The number of carbonyl (C=O) groups excluding carboxylic acids is 1. The molecule has 1 N–H and O–H groups in total. The minimum absolute atomic E-state index is 0.0802. The number of halogens is 1. The molecule has 22 heavy (non-hydrogen) atoms. The van der Waals surface area contributed by atoms with Crippen molar-refractivity contribution in [1.82, 2.24) is 5.32 Å². The summed E-state index contributed by atoms with van der Waals surface area (Å²) in [6.45, 7) is 4.32. The van der Waals surface area contributed by atoms with Gasteiger partial charge in [-0.1, -0.05) is 24.8 Å². The maximum atomic E-state index is 13.4. The summed E-state index contributed by atoms with van der Waals surface area (Å²) in [6.07, 6.45) is 2.54. The van der Waals surface area contributed by atoms with Crippen LogP contribution in [0.2, 0.25) is 0 Å². The number of ether oxygens (including phenoxy) is 1. The highest BCUT2D eigenvalue weighted by molar-refractivity contribution is 8.15. The first-order valence-corrected chi connectivity index (χ1v) is 8.00. The summed E-state index contributed by atoms with van der Waals surface area (Å²) in [7, 11) is 0. The van der Waals surface area contributed by atoms with Gasteiger partial charge in [0.2, 0.25) is 5.91 Å². The van der Waals surface area contributed by atoms with Gasteiger partial charge in [-0.2, -0.15) is 5.10 Å². The van der Waals surface area contributed by atoms with Crippen LogP contribution in [0.4, 0.5) is 4.39 Å². The average molecular weight is 323 g/mol. The maximum Gasteiger partial charge on any atom is 0.236 e. The fraction of sp³-hybridized carbons (Fsp3) is 0.400. The van der Waals surface area contributed by atoms with Gasteiger partial charge in [0.1, 0.15) is 5.82 Å². The van der Waals surface area contributed by atoms with Crippen LogP contribution in [0.1, 0.15) is 31.4 Å². The molecule has 1 unspecified atom stereocenters. The number of amides is 1. The van der Waals surface area contributed by atoms with Crippen LogP contribution >= 0.6 is 11.8 Å². The zero-order valence-electron chi connectivity index (χ0n) is 12.5. The molecule has 7 heteroatoms. The van der Waals surface area contributed by atoms with E-state index in [9.17, 15) is 9.18 Å². The zero-order valence-corrected chi connectivity index (χ0v) is 13.3. The molecule has 118 valence electrons. The molecule has 0 aliphatic carbocycles. The summed E-state index contributed by atoms with van der Waals surface area (Å²) >= 11 is 1.30. The molecule has 0 spiro atoms. The lowest BCUT2D eigenvalue weighted by atomic mass is 10.1. The van der Waals surface area contributed by atoms with Gasteiger partial charge in [-0.25, -0.2) is 4.39 Å². The Morgan fingerprint density at radius 3 is 3.05 bits per heavy atom. The molecule has 0 bridgehead atoms. The molecule has 1 aromatic rings. The zero-order chi connectivity index (χ0) is 15.9. The van der Waals surface area contributed by atoms with Gasteiger partial charge in [0.05, 0.1) is 24.7 Å². The lowest BCUT2D eigenvalue weighted by Crippen LogP contribution is -2.19. The molecule has 2 rings (SSSR count). The number of nitrogens with zero attached hydrogens (tertiary/aromatic N) is 2. The Hall–Kier alpha value is -1.73. The second-order valence-electron chi connectivity index (χ2n) is 4.86. The number of benzene rings is 1. The molecule has 5 nitrogen and oxygen atoms in total. The van der Waals surface area contributed by atoms with Crippen molar-refractivity contribution in [2.24, 2.45) is 10.2 Å². The highest BCUT2D eigenvalue weighted by Gasteiger charge is 2.16. The second-order valence-corrected chi connectivity index (χ2v) is 5.82. The number of nitrogens with one attached hydrogen (secondary N) is 1. The van der Waals surface area contributed by atoms with Crippen molar-refractivity contribution in [1.29, 1.82) is 0 Å². The van der Waals surface area contributed by atoms with Crippen LogP contribution in [-0.4, -0.2) is 29.1 Å². The van der Waals surface area contributed by atoms with Gasteiger partial charge in [0.25, 0.3) is 0 Å². The summed E-state index contributed by atoms with van der Waals surface area (Å²) in [4.78, 5) is 11.0. The molecule has 1 fully saturated rings. The highest BCUT2D eigenvalue weighted by Crippen LogP contribution is 2.13. The molecule has 1 aromatic carbocycles. The summed E-state index contributed by atoms with van der Waals surface area (Å²) < 4.78 is 19.0. The van der Waals surface area contributed by atoms with E-state index in [1.54, 1.807) is 6.07 Å². The lowest BCUT2D eigenvalue weighted by Gasteiger charge is -2.12. The number of hydrogen-bond acceptors (Lipinski definition) is 5. The Balaban J connectivity index is 2.07. The van der Waals surface area contributed by atoms with Crippen LogP contribution in [0.3, 0.4) is 0 Å². The average Bonchev–Trinajstić information content (AvgIpc) is 2.92. The molecule has 0 saturated carbocycles. The van der Waals surface area contributed by atoms with Crippen LogP contribution in [0, 0.1) is 5.82 Å². The quantitative estimate of drug-likeness (QED) is 0.647. The van der Waals surface area contributed by atoms with Crippen molar-refractivity contribution in [3.63, 3.8) is 0 Å². The van der Waals surface area contributed by atoms with Gasteiger partial charge < -0.3 is 10.1 Å². The van der Waals surface area contributed by atoms with E-state index >= 15 is 0 Å². The third kappa shape index (κ3) is 4.92. The van der Waals surface area contributed by atoms with Gasteiger partial charge >= 0.3 is 0 Å². The molecule has 1 heterocycles. The van der Waals surface area contributed by atoms with Crippen molar-refractivity contribution < 1.29 is 13.9 Å². The number of hydrogen-bond donors (Lipinski definition) is 1. The molecule has 1 atom stereocenters. The third-order valence-corrected chi connectivity index (χ3v) is 4.00.